The van der Waals surface area contributed by atoms with Crippen LogP contribution in [0.2, 0.25) is 0 Å². The van der Waals surface area contributed by atoms with E-state index in [1.807, 2.05) is 6.92 Å². The number of nitrogens with zero attached hydrogens (tertiary/aromatic N) is 1. The molecule has 0 unspecified atom stereocenters. The predicted molar refractivity (Wildman–Crippen MR) is 52.9 cm³/mol. The van der Waals surface area contributed by atoms with Crippen molar-refractivity contribution >= 4 is 0 Å². The maximum atomic E-state index is 8.45. The van der Waals surface area contributed by atoms with Crippen molar-refractivity contribution in [1.82, 2.24) is 15.3 Å². The molecule has 0 aliphatic heterocycles. The molecule has 5 heteroatoms. The van der Waals surface area contributed by atoms with Gasteiger partial charge in [-0.05, 0) is 6.92 Å². The van der Waals surface area contributed by atoms with E-state index in [9.17, 15) is 0 Å². The highest BCUT2D eigenvalue weighted by Gasteiger charge is 1.98. The van der Waals surface area contributed by atoms with Crippen LogP contribution in [0.4, 0.5) is 0 Å². The van der Waals surface area contributed by atoms with Gasteiger partial charge in [-0.15, -0.1) is 0 Å². The van der Waals surface area contributed by atoms with E-state index in [2.05, 4.69) is 15.3 Å². The standard InChI is InChI=1S/C9H17N3O2/c1-8-9(12-7-11-8)6-10-2-4-14-5-3-13/h7,10,13H,2-6H2,1H3,(H,11,12). The number of aliphatic hydroxyl groups excluding tert-OH is 1. The first-order valence-electron chi connectivity index (χ1n) is 4.72. The summed E-state index contributed by atoms with van der Waals surface area (Å²) in [6, 6.07) is 0. The van der Waals surface area contributed by atoms with Crippen LogP contribution in [0.5, 0.6) is 0 Å². The lowest BCUT2D eigenvalue weighted by molar-refractivity contribution is 0.0937. The molecule has 0 spiro atoms. The van der Waals surface area contributed by atoms with Gasteiger partial charge in [0, 0.05) is 18.8 Å². The van der Waals surface area contributed by atoms with E-state index in [0.29, 0.717) is 13.2 Å². The Morgan fingerprint density at radius 2 is 2.43 bits per heavy atom. The second kappa shape index (κ2) is 6.53. The van der Waals surface area contributed by atoms with Crippen molar-refractivity contribution in [3.63, 3.8) is 0 Å². The molecule has 5 nitrogen and oxygen atoms in total. The third-order valence-electron chi connectivity index (χ3n) is 1.89. The summed E-state index contributed by atoms with van der Waals surface area (Å²) in [5.41, 5.74) is 2.13. The van der Waals surface area contributed by atoms with E-state index in [4.69, 9.17) is 9.84 Å². The summed E-state index contributed by atoms with van der Waals surface area (Å²) in [6.07, 6.45) is 1.69. The monoisotopic (exact) mass is 199 g/mol. The highest BCUT2D eigenvalue weighted by molar-refractivity contribution is 5.07. The van der Waals surface area contributed by atoms with Gasteiger partial charge in [-0.25, -0.2) is 4.98 Å². The smallest absolute Gasteiger partial charge is 0.0925 e. The molecule has 0 saturated carbocycles. The molecule has 0 aliphatic carbocycles. The fraction of sp³-hybridized carbons (Fsp3) is 0.667. The molecule has 0 radical (unpaired) electrons. The number of aromatic nitrogens is 2. The van der Waals surface area contributed by atoms with E-state index in [1.54, 1.807) is 6.33 Å². The summed E-state index contributed by atoms with van der Waals surface area (Å²) in [5.74, 6) is 0. The van der Waals surface area contributed by atoms with Crippen molar-refractivity contribution in [1.29, 1.82) is 0 Å². The van der Waals surface area contributed by atoms with Gasteiger partial charge in [0.2, 0.25) is 0 Å². The zero-order chi connectivity index (χ0) is 10.2. The summed E-state index contributed by atoms with van der Waals surface area (Å²) in [5, 5.41) is 11.6. The fourth-order valence-corrected chi connectivity index (χ4v) is 1.08. The Morgan fingerprint density at radius 1 is 1.57 bits per heavy atom. The highest BCUT2D eigenvalue weighted by Crippen LogP contribution is 1.98. The number of ether oxygens (including phenoxy) is 1. The fourth-order valence-electron chi connectivity index (χ4n) is 1.08. The van der Waals surface area contributed by atoms with Gasteiger partial charge in [0.1, 0.15) is 0 Å². The van der Waals surface area contributed by atoms with Crippen molar-refractivity contribution in [3.05, 3.63) is 17.7 Å². The summed E-state index contributed by atoms with van der Waals surface area (Å²) in [7, 11) is 0. The van der Waals surface area contributed by atoms with Gasteiger partial charge < -0.3 is 20.1 Å². The summed E-state index contributed by atoms with van der Waals surface area (Å²) >= 11 is 0. The molecule has 0 aliphatic rings. The van der Waals surface area contributed by atoms with Crippen LogP contribution in [0, 0.1) is 6.92 Å². The molecule has 3 N–H and O–H groups in total. The minimum absolute atomic E-state index is 0.0818. The van der Waals surface area contributed by atoms with Gasteiger partial charge in [0.15, 0.2) is 0 Å². The minimum Gasteiger partial charge on any atom is -0.394 e. The Labute approximate surface area is 83.5 Å². The first-order chi connectivity index (χ1) is 6.84. The largest absolute Gasteiger partial charge is 0.394 e. The van der Waals surface area contributed by atoms with Gasteiger partial charge in [0.25, 0.3) is 0 Å². The van der Waals surface area contributed by atoms with Crippen molar-refractivity contribution in [2.75, 3.05) is 26.4 Å². The Kier molecular flexibility index (Phi) is 5.21. The van der Waals surface area contributed by atoms with Crippen LogP contribution in [0.15, 0.2) is 6.33 Å². The number of aromatic amines is 1. The normalized spacial score (nSPS) is 10.7. The van der Waals surface area contributed by atoms with E-state index >= 15 is 0 Å². The van der Waals surface area contributed by atoms with Crippen molar-refractivity contribution in [3.8, 4) is 0 Å². The predicted octanol–water partition coefficient (Wildman–Crippen LogP) is -0.183. The Balaban J connectivity index is 2.02. The number of aliphatic hydroxyl groups is 1. The lowest BCUT2D eigenvalue weighted by Crippen LogP contribution is -2.20. The third kappa shape index (κ3) is 3.87. The van der Waals surface area contributed by atoms with Crippen LogP contribution in [0.3, 0.4) is 0 Å². The first kappa shape index (κ1) is 11.2. The Bertz CT molecular complexity index is 250. The quantitative estimate of drug-likeness (QED) is 0.533. The average Bonchev–Trinajstić information content (AvgIpc) is 2.58. The molecular formula is C9H17N3O2. The maximum absolute atomic E-state index is 8.45. The topological polar surface area (TPSA) is 70.2 Å². The molecule has 1 aromatic rings. The van der Waals surface area contributed by atoms with E-state index < -0.39 is 0 Å². The number of nitrogens with one attached hydrogen (secondary N) is 2. The van der Waals surface area contributed by atoms with Gasteiger partial charge >= 0.3 is 0 Å². The number of H-pyrrole nitrogens is 1. The number of aryl methyl sites for hydroxylation is 1. The van der Waals surface area contributed by atoms with E-state index in [-0.39, 0.29) is 6.61 Å². The van der Waals surface area contributed by atoms with Gasteiger partial charge in [-0.3, -0.25) is 0 Å². The first-order valence-corrected chi connectivity index (χ1v) is 4.72. The van der Waals surface area contributed by atoms with Crippen LogP contribution < -0.4 is 5.32 Å². The molecule has 0 aromatic carbocycles. The minimum atomic E-state index is 0.0818. The number of hydrogen-bond donors (Lipinski definition) is 3. The van der Waals surface area contributed by atoms with Gasteiger partial charge in [-0.1, -0.05) is 0 Å². The highest BCUT2D eigenvalue weighted by atomic mass is 16.5. The van der Waals surface area contributed by atoms with Crippen LogP contribution in [-0.2, 0) is 11.3 Å². The van der Waals surface area contributed by atoms with Crippen molar-refractivity contribution in [2.24, 2.45) is 0 Å². The van der Waals surface area contributed by atoms with E-state index in [0.717, 1.165) is 24.5 Å². The lowest BCUT2D eigenvalue weighted by Gasteiger charge is -2.03. The molecule has 1 rings (SSSR count). The van der Waals surface area contributed by atoms with Crippen molar-refractivity contribution < 1.29 is 9.84 Å². The molecule has 0 amide bonds. The van der Waals surface area contributed by atoms with Crippen LogP contribution in [0.1, 0.15) is 11.4 Å². The zero-order valence-electron chi connectivity index (χ0n) is 8.42. The molecule has 1 heterocycles. The molecule has 0 saturated heterocycles. The molecule has 1 aromatic heterocycles. The molecule has 0 atom stereocenters. The zero-order valence-corrected chi connectivity index (χ0v) is 8.42. The lowest BCUT2D eigenvalue weighted by atomic mass is 10.3. The molecule has 0 fully saturated rings. The number of rotatable bonds is 7. The van der Waals surface area contributed by atoms with Gasteiger partial charge in [0.05, 0.1) is 31.8 Å². The Morgan fingerprint density at radius 3 is 3.07 bits per heavy atom. The van der Waals surface area contributed by atoms with Crippen LogP contribution in [0.25, 0.3) is 0 Å². The number of imidazole rings is 1. The van der Waals surface area contributed by atoms with Crippen LogP contribution in [-0.4, -0.2) is 41.4 Å². The van der Waals surface area contributed by atoms with Crippen molar-refractivity contribution in [2.45, 2.75) is 13.5 Å². The SMILES string of the molecule is Cc1[nH]cnc1CNCCOCCO. The summed E-state index contributed by atoms with van der Waals surface area (Å²) in [6.45, 7) is 4.61. The van der Waals surface area contributed by atoms with Gasteiger partial charge in [-0.2, -0.15) is 0 Å². The molecule has 80 valence electrons. The molecule has 0 bridgehead atoms. The second-order valence-electron chi connectivity index (χ2n) is 2.99. The third-order valence-corrected chi connectivity index (χ3v) is 1.89. The summed E-state index contributed by atoms with van der Waals surface area (Å²) in [4.78, 5) is 7.17. The Hall–Kier alpha value is -0.910. The average molecular weight is 199 g/mol. The number of hydrogen-bond acceptors (Lipinski definition) is 4. The van der Waals surface area contributed by atoms with E-state index in [1.165, 1.54) is 0 Å². The second-order valence-corrected chi connectivity index (χ2v) is 2.99. The molecule has 14 heavy (non-hydrogen) atoms. The molecular weight excluding hydrogens is 182 g/mol. The maximum Gasteiger partial charge on any atom is 0.0925 e. The van der Waals surface area contributed by atoms with Crippen LogP contribution >= 0.6 is 0 Å². The summed E-state index contributed by atoms with van der Waals surface area (Å²) < 4.78 is 5.09.